The SMILES string of the molecule is O=C(CBr)c1ccc(C2CCCCN2C(=O)C(F)(F)F)cc1. The Labute approximate surface area is 134 Å². The molecule has 1 aromatic carbocycles. The highest BCUT2D eigenvalue weighted by Gasteiger charge is 2.45. The molecule has 0 radical (unpaired) electrons. The Kier molecular flexibility index (Phi) is 5.26. The fraction of sp³-hybridized carbons (Fsp3) is 0.467. The minimum absolute atomic E-state index is 0.0987. The Balaban J connectivity index is 2.24. The molecular formula is C15H15BrF3NO2. The largest absolute Gasteiger partial charge is 0.471 e. The van der Waals surface area contributed by atoms with Gasteiger partial charge >= 0.3 is 12.1 Å². The van der Waals surface area contributed by atoms with Crippen LogP contribution in [0.1, 0.15) is 41.2 Å². The maximum atomic E-state index is 12.7. The van der Waals surface area contributed by atoms with Crippen LogP contribution in [0.2, 0.25) is 0 Å². The molecule has 1 amide bonds. The third-order valence-electron chi connectivity index (χ3n) is 3.74. The lowest BCUT2D eigenvalue weighted by atomic mass is 9.94. The average molecular weight is 378 g/mol. The number of nitrogens with zero attached hydrogens (tertiary/aromatic N) is 1. The maximum Gasteiger partial charge on any atom is 0.471 e. The van der Waals surface area contributed by atoms with Crippen molar-refractivity contribution in [2.75, 3.05) is 11.9 Å². The molecule has 22 heavy (non-hydrogen) atoms. The van der Waals surface area contributed by atoms with Crippen LogP contribution in [0.25, 0.3) is 0 Å². The second kappa shape index (κ2) is 6.81. The van der Waals surface area contributed by atoms with Gasteiger partial charge in [-0.1, -0.05) is 40.2 Å². The van der Waals surface area contributed by atoms with Crippen LogP contribution in [0.3, 0.4) is 0 Å². The van der Waals surface area contributed by atoms with Gasteiger partial charge < -0.3 is 4.90 Å². The number of rotatable bonds is 3. The highest BCUT2D eigenvalue weighted by molar-refractivity contribution is 9.09. The van der Waals surface area contributed by atoms with Gasteiger partial charge in [-0.2, -0.15) is 13.2 Å². The lowest BCUT2D eigenvalue weighted by Gasteiger charge is -2.36. The zero-order valence-corrected chi connectivity index (χ0v) is 13.3. The van der Waals surface area contributed by atoms with Gasteiger partial charge in [-0.05, 0) is 24.8 Å². The highest BCUT2D eigenvalue weighted by atomic mass is 79.9. The topological polar surface area (TPSA) is 37.4 Å². The first-order valence-corrected chi connectivity index (χ1v) is 8.03. The van der Waals surface area contributed by atoms with E-state index in [9.17, 15) is 22.8 Å². The number of Topliss-reactive ketones (excluding diaryl/α,β-unsaturated/α-hetero) is 1. The molecule has 2 rings (SSSR count). The van der Waals surface area contributed by atoms with Crippen molar-refractivity contribution in [3.8, 4) is 0 Å². The molecule has 1 aliphatic heterocycles. The molecular weight excluding hydrogens is 363 g/mol. The summed E-state index contributed by atoms with van der Waals surface area (Å²) in [6, 6.07) is 5.84. The zero-order chi connectivity index (χ0) is 16.3. The van der Waals surface area contributed by atoms with Crippen molar-refractivity contribution >= 4 is 27.6 Å². The van der Waals surface area contributed by atoms with Crippen molar-refractivity contribution in [1.82, 2.24) is 4.90 Å². The molecule has 0 bridgehead atoms. The number of hydrogen-bond acceptors (Lipinski definition) is 2. The van der Waals surface area contributed by atoms with E-state index in [1.54, 1.807) is 24.3 Å². The smallest absolute Gasteiger partial charge is 0.328 e. The Morgan fingerprint density at radius 1 is 1.18 bits per heavy atom. The number of amides is 1. The Bertz CT molecular complexity index is 557. The van der Waals surface area contributed by atoms with Crippen LogP contribution in [-0.2, 0) is 4.79 Å². The van der Waals surface area contributed by atoms with Crippen molar-refractivity contribution < 1.29 is 22.8 Å². The first kappa shape index (κ1) is 17.0. The molecule has 1 heterocycles. The monoisotopic (exact) mass is 377 g/mol. The molecule has 0 aliphatic carbocycles. The summed E-state index contributed by atoms with van der Waals surface area (Å²) in [6.45, 7) is 0.102. The summed E-state index contributed by atoms with van der Waals surface area (Å²) in [5, 5.41) is 0.189. The van der Waals surface area contributed by atoms with Crippen molar-refractivity contribution in [3.05, 3.63) is 35.4 Å². The highest BCUT2D eigenvalue weighted by Crippen LogP contribution is 2.34. The van der Waals surface area contributed by atoms with Crippen LogP contribution in [0, 0.1) is 0 Å². The predicted molar refractivity (Wildman–Crippen MR) is 78.9 cm³/mol. The van der Waals surface area contributed by atoms with Crippen molar-refractivity contribution in [2.24, 2.45) is 0 Å². The molecule has 1 aliphatic rings. The van der Waals surface area contributed by atoms with E-state index < -0.39 is 18.1 Å². The Morgan fingerprint density at radius 3 is 2.36 bits per heavy atom. The number of hydrogen-bond donors (Lipinski definition) is 0. The van der Waals surface area contributed by atoms with E-state index in [4.69, 9.17) is 0 Å². The van der Waals surface area contributed by atoms with Gasteiger partial charge in [-0.15, -0.1) is 0 Å². The molecule has 1 saturated heterocycles. The minimum atomic E-state index is -4.86. The summed E-state index contributed by atoms with van der Waals surface area (Å²) in [5.41, 5.74) is 1.12. The van der Waals surface area contributed by atoms with E-state index in [-0.39, 0.29) is 17.7 Å². The molecule has 3 nitrogen and oxygen atoms in total. The number of halogens is 4. The third kappa shape index (κ3) is 3.69. The van der Waals surface area contributed by atoms with E-state index in [2.05, 4.69) is 15.9 Å². The fourth-order valence-corrected chi connectivity index (χ4v) is 2.98. The average Bonchev–Trinajstić information content (AvgIpc) is 2.52. The molecule has 7 heteroatoms. The number of piperidine rings is 1. The lowest BCUT2D eigenvalue weighted by molar-refractivity contribution is -0.189. The summed E-state index contributed by atoms with van der Waals surface area (Å²) in [5.74, 6) is -1.89. The summed E-state index contributed by atoms with van der Waals surface area (Å²) in [7, 11) is 0. The first-order chi connectivity index (χ1) is 10.3. The maximum absolute atomic E-state index is 12.7. The summed E-state index contributed by atoms with van der Waals surface area (Å²) in [6.07, 6.45) is -3.03. The van der Waals surface area contributed by atoms with E-state index in [1.165, 1.54) is 0 Å². The van der Waals surface area contributed by atoms with Gasteiger partial charge in [0.1, 0.15) is 0 Å². The summed E-state index contributed by atoms with van der Waals surface area (Å²) in [4.78, 5) is 24.0. The molecule has 120 valence electrons. The summed E-state index contributed by atoms with van der Waals surface area (Å²) >= 11 is 3.07. The predicted octanol–water partition coefficient (Wildman–Crippen LogP) is 3.88. The number of alkyl halides is 4. The Hall–Kier alpha value is -1.37. The molecule has 1 fully saturated rings. The summed E-state index contributed by atoms with van der Waals surface area (Å²) < 4.78 is 38.1. The first-order valence-electron chi connectivity index (χ1n) is 6.91. The molecule has 0 spiro atoms. The quantitative estimate of drug-likeness (QED) is 0.592. The van der Waals surface area contributed by atoms with Crippen LogP contribution >= 0.6 is 15.9 Å². The van der Waals surface area contributed by atoms with Crippen molar-refractivity contribution in [3.63, 3.8) is 0 Å². The normalized spacial score (nSPS) is 19.1. The van der Waals surface area contributed by atoms with Crippen molar-refractivity contribution in [2.45, 2.75) is 31.5 Å². The zero-order valence-electron chi connectivity index (χ0n) is 11.7. The lowest BCUT2D eigenvalue weighted by Crippen LogP contribution is -2.45. The van der Waals surface area contributed by atoms with E-state index >= 15 is 0 Å². The Morgan fingerprint density at radius 2 is 1.82 bits per heavy atom. The van der Waals surface area contributed by atoms with E-state index in [1.807, 2.05) is 0 Å². The van der Waals surface area contributed by atoms with Crippen LogP contribution in [0.4, 0.5) is 13.2 Å². The van der Waals surface area contributed by atoms with Crippen LogP contribution in [0.5, 0.6) is 0 Å². The van der Waals surface area contributed by atoms with Gasteiger partial charge in [0.25, 0.3) is 0 Å². The fourth-order valence-electron chi connectivity index (χ4n) is 2.65. The number of likely N-dealkylation sites (tertiary alicyclic amines) is 1. The van der Waals surface area contributed by atoms with E-state index in [0.717, 1.165) is 11.3 Å². The minimum Gasteiger partial charge on any atom is -0.328 e. The molecule has 0 aromatic heterocycles. The number of benzene rings is 1. The molecule has 1 unspecified atom stereocenters. The van der Waals surface area contributed by atoms with Crippen LogP contribution < -0.4 is 0 Å². The second-order valence-electron chi connectivity index (χ2n) is 5.19. The van der Waals surface area contributed by atoms with Gasteiger partial charge in [0.15, 0.2) is 5.78 Å². The number of carbonyl (C=O) groups excluding carboxylic acids is 2. The van der Waals surface area contributed by atoms with Gasteiger partial charge in [0, 0.05) is 12.1 Å². The number of carbonyl (C=O) groups is 2. The van der Waals surface area contributed by atoms with Crippen molar-refractivity contribution in [1.29, 1.82) is 0 Å². The van der Waals surface area contributed by atoms with Gasteiger partial charge in [-0.3, -0.25) is 9.59 Å². The standard InChI is InChI=1S/C15H15BrF3NO2/c16-9-13(21)11-6-4-10(5-7-11)12-3-1-2-8-20(12)14(22)15(17,18)19/h4-7,12H,1-3,8-9H2. The van der Waals surface area contributed by atoms with Crippen LogP contribution in [-0.4, -0.2) is 34.6 Å². The van der Waals surface area contributed by atoms with E-state index in [0.29, 0.717) is 24.0 Å². The van der Waals surface area contributed by atoms with Crippen LogP contribution in [0.15, 0.2) is 24.3 Å². The number of ketones is 1. The molecule has 0 N–H and O–H groups in total. The molecule has 0 saturated carbocycles. The third-order valence-corrected chi connectivity index (χ3v) is 4.25. The second-order valence-corrected chi connectivity index (χ2v) is 5.75. The molecule has 1 aromatic rings. The molecule has 1 atom stereocenters. The van der Waals surface area contributed by atoms with Gasteiger partial charge in [-0.25, -0.2) is 0 Å². The van der Waals surface area contributed by atoms with Gasteiger partial charge in [0.2, 0.25) is 0 Å². The van der Waals surface area contributed by atoms with Gasteiger partial charge in [0.05, 0.1) is 11.4 Å².